The van der Waals surface area contributed by atoms with Crippen molar-refractivity contribution in [3.05, 3.63) is 59.2 Å². The molecule has 0 saturated carbocycles. The number of carbonyl (C=O) groups is 2. The summed E-state index contributed by atoms with van der Waals surface area (Å²) in [5, 5.41) is 6.04. The number of benzene rings is 2. The third-order valence-corrected chi connectivity index (χ3v) is 6.45. The number of rotatable bonds is 2. The van der Waals surface area contributed by atoms with Crippen LogP contribution in [0, 0.1) is 5.82 Å². The zero-order valence-corrected chi connectivity index (χ0v) is 15.3. The molecule has 0 atom stereocenters. The van der Waals surface area contributed by atoms with Gasteiger partial charge in [-0.25, -0.2) is 4.39 Å². The van der Waals surface area contributed by atoms with Gasteiger partial charge in [0.1, 0.15) is 5.82 Å². The fourth-order valence-electron chi connectivity index (χ4n) is 4.04. The molecule has 1 N–H and O–H groups in total. The Balaban J connectivity index is 1.43. The predicted octanol–water partition coefficient (Wildman–Crippen LogP) is 3.81. The van der Waals surface area contributed by atoms with Crippen LogP contribution in [-0.4, -0.2) is 35.3 Å². The number of nitrogens with one attached hydrogen (secondary N) is 1. The molecule has 3 aromatic rings. The van der Waals surface area contributed by atoms with Gasteiger partial charge in [-0.2, -0.15) is 0 Å². The number of nitrogens with zero attached hydrogens (tertiary/aromatic N) is 1. The standard InChI is InChI=1S/C21H17FN2O2S/c22-15-4-1-13(2-5-15)17-10-27-18-6-3-14(9-16(17)18)20(26)24-11-21(12-24)8-7-19(25)23-21/h1-6,9-10H,7-8,11-12H2,(H,23,25). The maximum Gasteiger partial charge on any atom is 0.254 e. The van der Waals surface area contributed by atoms with Crippen molar-refractivity contribution in [1.29, 1.82) is 0 Å². The second kappa shape index (κ2) is 5.89. The average Bonchev–Trinajstić information content (AvgIpc) is 3.24. The van der Waals surface area contributed by atoms with E-state index >= 15 is 0 Å². The Bertz CT molecular complexity index is 1070. The summed E-state index contributed by atoms with van der Waals surface area (Å²) in [5.41, 5.74) is 2.37. The van der Waals surface area contributed by atoms with Crippen molar-refractivity contribution in [2.45, 2.75) is 18.4 Å². The summed E-state index contributed by atoms with van der Waals surface area (Å²) in [6, 6.07) is 12.2. The van der Waals surface area contributed by atoms with E-state index in [9.17, 15) is 14.0 Å². The third kappa shape index (κ3) is 2.72. The van der Waals surface area contributed by atoms with Crippen molar-refractivity contribution >= 4 is 33.2 Å². The van der Waals surface area contributed by atoms with Gasteiger partial charge in [-0.05, 0) is 47.7 Å². The van der Waals surface area contributed by atoms with Crippen LogP contribution in [0.5, 0.6) is 0 Å². The third-order valence-electron chi connectivity index (χ3n) is 5.49. The molecule has 1 aromatic heterocycles. The van der Waals surface area contributed by atoms with Crippen LogP contribution in [0.2, 0.25) is 0 Å². The van der Waals surface area contributed by atoms with Gasteiger partial charge in [0.2, 0.25) is 5.91 Å². The second-order valence-electron chi connectivity index (χ2n) is 7.36. The minimum Gasteiger partial charge on any atom is -0.347 e. The van der Waals surface area contributed by atoms with Gasteiger partial charge in [-0.15, -0.1) is 11.3 Å². The van der Waals surface area contributed by atoms with Crippen molar-refractivity contribution in [2.24, 2.45) is 0 Å². The largest absolute Gasteiger partial charge is 0.347 e. The number of amides is 2. The highest BCUT2D eigenvalue weighted by atomic mass is 32.1. The summed E-state index contributed by atoms with van der Waals surface area (Å²) in [6.45, 7) is 1.15. The molecule has 5 rings (SSSR count). The molecule has 0 bridgehead atoms. The van der Waals surface area contributed by atoms with E-state index in [1.54, 1.807) is 28.4 Å². The number of halogens is 1. The minimum atomic E-state index is -0.264. The van der Waals surface area contributed by atoms with Gasteiger partial charge in [-0.3, -0.25) is 9.59 Å². The van der Waals surface area contributed by atoms with Gasteiger partial charge in [0, 0.05) is 40.7 Å². The molecule has 2 saturated heterocycles. The summed E-state index contributed by atoms with van der Waals surface area (Å²) in [5.74, 6) is -0.203. The average molecular weight is 380 g/mol. The smallest absolute Gasteiger partial charge is 0.254 e. The van der Waals surface area contributed by atoms with Crippen molar-refractivity contribution in [1.82, 2.24) is 10.2 Å². The summed E-state index contributed by atoms with van der Waals surface area (Å²) in [7, 11) is 0. The lowest BCUT2D eigenvalue weighted by atomic mass is 9.87. The SMILES string of the molecule is O=C1CCC2(CN(C(=O)c3ccc4scc(-c5ccc(F)cc5)c4c3)C2)N1. The molecule has 0 unspecified atom stereocenters. The van der Waals surface area contributed by atoms with E-state index in [4.69, 9.17) is 0 Å². The lowest BCUT2D eigenvalue weighted by Crippen LogP contribution is -2.68. The maximum atomic E-state index is 13.2. The van der Waals surface area contributed by atoms with Crippen LogP contribution in [0.4, 0.5) is 4.39 Å². The number of hydrogen-bond acceptors (Lipinski definition) is 3. The summed E-state index contributed by atoms with van der Waals surface area (Å²) in [4.78, 5) is 26.1. The highest BCUT2D eigenvalue weighted by molar-refractivity contribution is 7.17. The number of thiophene rings is 1. The Morgan fingerprint density at radius 1 is 1.15 bits per heavy atom. The van der Waals surface area contributed by atoms with Gasteiger partial charge >= 0.3 is 0 Å². The summed E-state index contributed by atoms with van der Waals surface area (Å²) >= 11 is 1.61. The fourth-order valence-corrected chi connectivity index (χ4v) is 4.99. The van der Waals surface area contributed by atoms with Crippen molar-refractivity contribution in [3.63, 3.8) is 0 Å². The lowest BCUT2D eigenvalue weighted by Gasteiger charge is -2.47. The van der Waals surface area contributed by atoms with E-state index in [0.29, 0.717) is 25.1 Å². The predicted molar refractivity (Wildman–Crippen MR) is 103 cm³/mol. The van der Waals surface area contributed by atoms with Crippen LogP contribution in [0.15, 0.2) is 47.8 Å². The molecule has 0 aliphatic carbocycles. The molecular formula is C21H17FN2O2S. The number of fused-ring (bicyclic) bond motifs is 1. The van der Waals surface area contributed by atoms with E-state index < -0.39 is 0 Å². The first-order valence-electron chi connectivity index (χ1n) is 8.91. The molecule has 2 aliphatic heterocycles. The van der Waals surface area contributed by atoms with Gasteiger partial charge < -0.3 is 10.2 Å². The van der Waals surface area contributed by atoms with Crippen LogP contribution >= 0.6 is 11.3 Å². The Hall–Kier alpha value is -2.73. The lowest BCUT2D eigenvalue weighted by molar-refractivity contribution is -0.120. The molecule has 2 fully saturated rings. The Labute approximate surface area is 159 Å². The number of likely N-dealkylation sites (tertiary alicyclic amines) is 1. The molecular weight excluding hydrogens is 363 g/mol. The second-order valence-corrected chi connectivity index (χ2v) is 8.27. The van der Waals surface area contributed by atoms with Gasteiger partial charge in [0.15, 0.2) is 0 Å². The minimum absolute atomic E-state index is 0.0140. The van der Waals surface area contributed by atoms with Crippen molar-refractivity contribution in [3.8, 4) is 11.1 Å². The molecule has 0 radical (unpaired) electrons. The van der Waals surface area contributed by atoms with Crippen LogP contribution in [0.3, 0.4) is 0 Å². The molecule has 3 heterocycles. The van der Waals surface area contributed by atoms with Crippen molar-refractivity contribution in [2.75, 3.05) is 13.1 Å². The summed E-state index contributed by atoms with van der Waals surface area (Å²) in [6.07, 6.45) is 1.35. The molecule has 2 aromatic carbocycles. The van der Waals surface area contributed by atoms with Gasteiger partial charge in [0.25, 0.3) is 5.91 Å². The molecule has 2 aliphatic rings. The van der Waals surface area contributed by atoms with E-state index in [0.717, 1.165) is 27.6 Å². The summed E-state index contributed by atoms with van der Waals surface area (Å²) < 4.78 is 14.3. The van der Waals surface area contributed by atoms with Gasteiger partial charge in [-0.1, -0.05) is 12.1 Å². The molecule has 6 heteroatoms. The van der Waals surface area contributed by atoms with E-state index in [-0.39, 0.29) is 23.2 Å². The Kier molecular flexibility index (Phi) is 3.59. The van der Waals surface area contributed by atoms with E-state index in [1.165, 1.54) is 12.1 Å². The van der Waals surface area contributed by atoms with Crippen LogP contribution in [0.1, 0.15) is 23.2 Å². The first-order chi connectivity index (χ1) is 13.0. The topological polar surface area (TPSA) is 49.4 Å². The van der Waals surface area contributed by atoms with E-state index in [1.807, 2.05) is 23.6 Å². The molecule has 27 heavy (non-hydrogen) atoms. The monoisotopic (exact) mass is 380 g/mol. The van der Waals surface area contributed by atoms with Crippen LogP contribution in [-0.2, 0) is 4.79 Å². The maximum absolute atomic E-state index is 13.2. The van der Waals surface area contributed by atoms with Gasteiger partial charge in [0.05, 0.1) is 5.54 Å². The van der Waals surface area contributed by atoms with Crippen molar-refractivity contribution < 1.29 is 14.0 Å². The molecule has 1 spiro atoms. The van der Waals surface area contributed by atoms with Crippen LogP contribution in [0.25, 0.3) is 21.2 Å². The normalized spacial score (nSPS) is 18.0. The zero-order chi connectivity index (χ0) is 18.6. The number of carbonyl (C=O) groups excluding carboxylic acids is 2. The number of hydrogen-bond donors (Lipinski definition) is 1. The zero-order valence-electron chi connectivity index (χ0n) is 14.5. The van der Waals surface area contributed by atoms with E-state index in [2.05, 4.69) is 5.32 Å². The highest BCUT2D eigenvalue weighted by Crippen LogP contribution is 2.36. The van der Waals surface area contributed by atoms with Crippen LogP contribution < -0.4 is 5.32 Å². The highest BCUT2D eigenvalue weighted by Gasteiger charge is 2.49. The Morgan fingerprint density at radius 3 is 2.63 bits per heavy atom. The first-order valence-corrected chi connectivity index (χ1v) is 9.79. The fraction of sp³-hybridized carbons (Fsp3) is 0.238. The molecule has 136 valence electrons. The molecule has 2 amide bonds. The first kappa shape index (κ1) is 16.4. The Morgan fingerprint density at radius 2 is 1.93 bits per heavy atom. The quantitative estimate of drug-likeness (QED) is 0.735. The molecule has 4 nitrogen and oxygen atoms in total.